The topological polar surface area (TPSA) is 289 Å². The Morgan fingerprint density at radius 3 is 1.48 bits per heavy atom. The van der Waals surface area contributed by atoms with Crippen LogP contribution in [0.1, 0.15) is 25.7 Å². The molecule has 2 amide bonds. The Hall–Kier alpha value is -6.34. The van der Waals surface area contributed by atoms with Crippen molar-refractivity contribution in [1.29, 1.82) is 0 Å². The van der Waals surface area contributed by atoms with E-state index in [1.54, 1.807) is 106 Å². The summed E-state index contributed by atoms with van der Waals surface area (Å²) in [7, 11) is -5.77. The molecule has 0 saturated carbocycles. The van der Waals surface area contributed by atoms with Gasteiger partial charge in [-0.1, -0.05) is 86.6 Å². The number of primary amides is 2. The van der Waals surface area contributed by atoms with E-state index in [-0.39, 0.29) is 46.3 Å². The van der Waals surface area contributed by atoms with Crippen molar-refractivity contribution in [2.75, 3.05) is 28.3 Å². The molecule has 5 N–H and O–H groups in total. The summed E-state index contributed by atoms with van der Waals surface area (Å²) in [5.74, 6) is 0.224. The van der Waals surface area contributed by atoms with Crippen LogP contribution in [0.3, 0.4) is 0 Å². The number of sulfone groups is 2. The van der Waals surface area contributed by atoms with E-state index in [2.05, 4.69) is 25.9 Å². The maximum absolute atomic E-state index is 13.7. The van der Waals surface area contributed by atoms with Crippen molar-refractivity contribution in [3.8, 4) is 34.2 Å². The second-order valence-corrected chi connectivity index (χ2v) is 25.1. The molecule has 10 rings (SSSR count). The number of rotatable bonds is 11. The SMILES string of the molecule is NC(=O)Cn1c(=O)[nH]c2nc(-c3ccccc3Cl)n(-c3ccc(Cl)cc3)c2c1=O.NC(=O)Cn1c(=O)c2c(nc(-c3ccccc3Cl)n2-c2ccc(Cl)cc2)n(CC2CCS(=O)(=O)CC2)c1=O.O=S1(=O)CCC(CBr)CC1. The molecule has 404 valence electrons. The van der Waals surface area contributed by atoms with Gasteiger partial charge in [0.2, 0.25) is 11.8 Å². The Labute approximate surface area is 467 Å². The summed E-state index contributed by atoms with van der Waals surface area (Å²) in [6.45, 7) is -1.07. The van der Waals surface area contributed by atoms with E-state index < -0.39 is 67.1 Å². The minimum absolute atomic E-state index is 0.0145. The second-order valence-electron chi connectivity index (χ2n) is 18.2. The summed E-state index contributed by atoms with van der Waals surface area (Å²) in [6.07, 6.45) is 2.40. The molecule has 2 fully saturated rings. The van der Waals surface area contributed by atoms with Crippen LogP contribution in [0.25, 0.3) is 56.5 Å². The molecule has 27 heteroatoms. The number of amides is 2. The number of imidazole rings is 2. The normalized spacial score (nSPS) is 15.3. The zero-order valence-electron chi connectivity index (χ0n) is 40.5. The lowest BCUT2D eigenvalue weighted by Gasteiger charge is -2.23. The number of halogens is 5. The molecule has 4 aromatic heterocycles. The van der Waals surface area contributed by atoms with Crippen molar-refractivity contribution in [3.63, 3.8) is 0 Å². The minimum atomic E-state index is -3.12. The van der Waals surface area contributed by atoms with Crippen molar-refractivity contribution in [1.82, 2.24) is 37.8 Å². The molecule has 8 aromatic rings. The van der Waals surface area contributed by atoms with Crippen molar-refractivity contribution >= 4 is 116 Å². The molecule has 2 saturated heterocycles. The Balaban J connectivity index is 0.000000177. The molecule has 20 nitrogen and oxygen atoms in total. The number of H-pyrrole nitrogens is 1. The van der Waals surface area contributed by atoms with E-state index in [0.717, 1.165) is 27.3 Å². The molecule has 2 aliphatic rings. The average Bonchev–Trinajstić information content (AvgIpc) is 4.07. The van der Waals surface area contributed by atoms with E-state index in [1.807, 2.05) is 0 Å². The van der Waals surface area contributed by atoms with Crippen molar-refractivity contribution in [2.24, 2.45) is 23.3 Å². The molecule has 77 heavy (non-hydrogen) atoms. The molecule has 0 spiro atoms. The number of aromatic amines is 1. The highest BCUT2D eigenvalue weighted by Gasteiger charge is 2.30. The highest BCUT2D eigenvalue weighted by atomic mass is 79.9. The Bertz CT molecular complexity index is 4040. The van der Waals surface area contributed by atoms with Gasteiger partial charge in [-0.25, -0.2) is 45.5 Å². The van der Waals surface area contributed by atoms with Gasteiger partial charge in [0, 0.05) is 44.4 Å². The number of fused-ring (bicyclic) bond motifs is 2. The number of nitrogens with zero attached hydrogens (tertiary/aromatic N) is 7. The smallest absolute Gasteiger partial charge is 0.333 e. The van der Waals surface area contributed by atoms with Gasteiger partial charge in [0.15, 0.2) is 22.3 Å². The molecule has 6 heterocycles. The molecule has 0 radical (unpaired) electrons. The number of hydrogen-bond donors (Lipinski definition) is 3. The summed E-state index contributed by atoms with van der Waals surface area (Å²) >= 11 is 28.3. The fourth-order valence-corrected chi connectivity index (χ4v) is 13.4. The predicted molar refractivity (Wildman–Crippen MR) is 301 cm³/mol. The average molecular weight is 1230 g/mol. The summed E-state index contributed by atoms with van der Waals surface area (Å²) in [5, 5.41) is 2.73. The van der Waals surface area contributed by atoms with Gasteiger partial charge in [0.05, 0.1) is 33.1 Å². The highest BCUT2D eigenvalue weighted by Crippen LogP contribution is 2.34. The number of carbonyl (C=O) groups is 2. The van der Waals surface area contributed by atoms with E-state index in [1.165, 1.54) is 4.57 Å². The van der Waals surface area contributed by atoms with Crippen LogP contribution in [0, 0.1) is 11.8 Å². The van der Waals surface area contributed by atoms with Crippen LogP contribution in [0.15, 0.2) is 116 Å². The van der Waals surface area contributed by atoms with E-state index in [9.17, 15) is 45.6 Å². The van der Waals surface area contributed by atoms with Gasteiger partial charge in [-0.3, -0.25) is 37.9 Å². The Kier molecular flexibility index (Phi) is 17.5. The third-order valence-corrected chi connectivity index (χ3v) is 18.4. The predicted octanol–water partition coefficient (Wildman–Crippen LogP) is 6.17. The van der Waals surface area contributed by atoms with Gasteiger partial charge in [-0.05, 0) is 110 Å². The summed E-state index contributed by atoms with van der Waals surface area (Å²) in [4.78, 5) is 87.6. The number of benzene rings is 4. The van der Waals surface area contributed by atoms with Crippen molar-refractivity contribution in [3.05, 3.63) is 159 Å². The van der Waals surface area contributed by atoms with Gasteiger partial charge in [0.1, 0.15) is 44.4 Å². The third kappa shape index (κ3) is 12.8. The molecular weight excluding hydrogens is 1190 g/mol. The van der Waals surface area contributed by atoms with Crippen LogP contribution in [0.2, 0.25) is 20.1 Å². The van der Waals surface area contributed by atoms with Crippen LogP contribution in [0.4, 0.5) is 0 Å². The molecule has 0 aliphatic carbocycles. The minimum Gasteiger partial charge on any atom is -0.368 e. The van der Waals surface area contributed by atoms with Gasteiger partial charge >= 0.3 is 11.4 Å². The molecule has 4 aromatic carbocycles. The maximum Gasteiger partial charge on any atom is 0.333 e. The zero-order chi connectivity index (χ0) is 55.5. The molecular formula is C50H47BrCl4N10O10S2. The maximum atomic E-state index is 13.7. The highest BCUT2D eigenvalue weighted by molar-refractivity contribution is 9.09. The second kappa shape index (κ2) is 23.7. The van der Waals surface area contributed by atoms with Crippen molar-refractivity contribution in [2.45, 2.75) is 45.3 Å². The summed E-state index contributed by atoms with van der Waals surface area (Å²) in [6, 6.07) is 27.4. The lowest BCUT2D eigenvalue weighted by molar-refractivity contribution is -0.119. The van der Waals surface area contributed by atoms with Gasteiger partial charge in [0.25, 0.3) is 11.1 Å². The molecule has 2 aliphatic heterocycles. The first-order valence-electron chi connectivity index (χ1n) is 23.6. The Morgan fingerprint density at radius 1 is 0.584 bits per heavy atom. The van der Waals surface area contributed by atoms with Gasteiger partial charge in [-0.2, -0.15) is 0 Å². The molecule has 0 atom stereocenters. The van der Waals surface area contributed by atoms with Crippen LogP contribution >= 0.6 is 62.3 Å². The summed E-state index contributed by atoms with van der Waals surface area (Å²) < 4.78 is 51.7. The standard InChI is InChI=1S/C25H23Cl2N5O5S.C19H13Cl2N5O3.C6H11BrO2S/c26-16-5-7-17(8-6-16)32-21-23(29-22(32)18-3-1-2-4-19(18)27)30(13-15-9-11-38(36,37)12-10-15)25(35)31(24(21)34)14-20(28)33;20-10-5-7-11(8-6-10)26-15-16(23-17(26)12-3-1-2-4-13(12)21)24-19(29)25(18(15)28)9-14(22)27;7-5-6-1-3-10(8,9)4-2-6/h1-8,15H,9-14H2,(H2,28,33);1-8H,9H2,(H2,22,27)(H,24,29);6H,1-5H2. The van der Waals surface area contributed by atoms with E-state index in [4.69, 9.17) is 62.9 Å². The van der Waals surface area contributed by atoms with Crippen LogP contribution in [-0.4, -0.2) is 94.8 Å². The lowest BCUT2D eigenvalue weighted by Crippen LogP contribution is -2.44. The largest absolute Gasteiger partial charge is 0.368 e. The van der Waals surface area contributed by atoms with Crippen LogP contribution < -0.4 is 34.0 Å². The fourth-order valence-electron chi connectivity index (χ4n) is 8.89. The lowest BCUT2D eigenvalue weighted by atomic mass is 10.0. The van der Waals surface area contributed by atoms with E-state index >= 15 is 0 Å². The molecule has 0 unspecified atom stereocenters. The third-order valence-electron chi connectivity index (χ3n) is 12.9. The van der Waals surface area contributed by atoms with Gasteiger partial charge < -0.3 is 11.5 Å². The first-order chi connectivity index (χ1) is 36.6. The number of alkyl halides is 1. The molecule has 0 bridgehead atoms. The van der Waals surface area contributed by atoms with Crippen LogP contribution in [0.5, 0.6) is 0 Å². The van der Waals surface area contributed by atoms with Crippen molar-refractivity contribution < 1.29 is 26.4 Å². The number of hydrogen-bond acceptors (Lipinski definition) is 12. The fraction of sp³-hybridized carbons (Fsp3) is 0.280. The van der Waals surface area contributed by atoms with E-state index in [0.29, 0.717) is 84.5 Å². The number of nitrogens with one attached hydrogen (secondary N) is 1. The first-order valence-corrected chi connectivity index (χ1v) is 29.9. The quantitative estimate of drug-likeness (QED) is 0.123. The first kappa shape index (κ1) is 56.9. The monoisotopic (exact) mass is 1230 g/mol. The zero-order valence-corrected chi connectivity index (χ0v) is 46.7. The van der Waals surface area contributed by atoms with Gasteiger partial charge in [-0.15, -0.1) is 0 Å². The number of carbonyl (C=O) groups excluding carboxylic acids is 2. The number of aromatic nitrogens is 8. The number of nitrogens with two attached hydrogens (primary N) is 2. The summed E-state index contributed by atoms with van der Waals surface area (Å²) in [5.41, 5.74) is 10.0. The van der Waals surface area contributed by atoms with Crippen LogP contribution in [-0.2, 0) is 48.9 Å². The Morgan fingerprint density at radius 2 is 1.01 bits per heavy atom.